The summed E-state index contributed by atoms with van der Waals surface area (Å²) in [5.41, 5.74) is 5.11. The molecule has 5 heteroatoms. The van der Waals surface area contributed by atoms with Gasteiger partial charge in [0, 0.05) is 0 Å². The van der Waals surface area contributed by atoms with E-state index in [2.05, 4.69) is 91.8 Å². The Bertz CT molecular complexity index is 852. The van der Waals surface area contributed by atoms with Gasteiger partial charge in [0.15, 0.2) is 0 Å². The van der Waals surface area contributed by atoms with Crippen LogP contribution in [0, 0.1) is 27.7 Å². The number of unbranched alkanes of at least 4 members (excludes halogenated alkanes) is 4. The molecule has 0 aliphatic rings. The molecule has 0 spiro atoms. The molecule has 37 heavy (non-hydrogen) atoms. The third kappa shape index (κ3) is 9.93. The van der Waals surface area contributed by atoms with E-state index < -0.39 is 38.4 Å². The van der Waals surface area contributed by atoms with E-state index in [1.54, 1.807) is 0 Å². The van der Waals surface area contributed by atoms with Crippen LogP contribution in [0.15, 0.2) is 36.4 Å². The third-order valence-electron chi connectivity index (χ3n) is 7.72. The van der Waals surface area contributed by atoms with E-state index in [1.165, 1.54) is 73.6 Å². The maximum atomic E-state index is 7.81. The van der Waals surface area contributed by atoms with Gasteiger partial charge in [-0.1, -0.05) is 0 Å². The summed E-state index contributed by atoms with van der Waals surface area (Å²) in [5, 5.41) is 0. The van der Waals surface area contributed by atoms with Crippen LogP contribution < -0.4 is 6.15 Å². The molecule has 0 unspecified atom stereocenters. The van der Waals surface area contributed by atoms with Crippen molar-refractivity contribution in [3.8, 4) is 11.5 Å². The molecule has 3 nitrogen and oxygen atoms in total. The Morgan fingerprint density at radius 2 is 0.838 bits per heavy atom. The van der Waals surface area contributed by atoms with Crippen molar-refractivity contribution >= 4 is 38.4 Å². The SMILES string of the molecule is CCC[CH2][Sn]([CH2]CCC)([O]c1cccc(C)c1C)[O][Sn]([CH2]CCC)([CH2]CCC)[O]c1cccc(C)c1C. The minimum absolute atomic E-state index is 1.06. The van der Waals surface area contributed by atoms with Crippen molar-refractivity contribution < 1.29 is 7.56 Å². The Hall–Kier alpha value is -0.403. The fourth-order valence-electron chi connectivity index (χ4n) is 4.89. The Labute approximate surface area is 239 Å². The van der Waals surface area contributed by atoms with E-state index in [4.69, 9.17) is 7.56 Å². The molecule has 0 fully saturated rings. The van der Waals surface area contributed by atoms with Crippen molar-refractivity contribution in [1.29, 1.82) is 0 Å². The van der Waals surface area contributed by atoms with Gasteiger partial charge < -0.3 is 0 Å². The zero-order chi connectivity index (χ0) is 27.3. The Morgan fingerprint density at radius 3 is 1.14 bits per heavy atom. The Kier molecular flexibility index (Phi) is 14.8. The zero-order valence-electron chi connectivity index (χ0n) is 25.2. The molecule has 0 bridgehead atoms. The van der Waals surface area contributed by atoms with Crippen LogP contribution in [0.1, 0.15) is 101 Å². The molecule has 0 aliphatic heterocycles. The van der Waals surface area contributed by atoms with Gasteiger partial charge in [0.2, 0.25) is 0 Å². The maximum absolute atomic E-state index is 7.81. The minimum atomic E-state index is -3.58. The van der Waals surface area contributed by atoms with E-state index in [-0.39, 0.29) is 0 Å². The number of hydrogen-bond acceptors (Lipinski definition) is 3. The molecular formula is C32H54O3Sn2. The van der Waals surface area contributed by atoms with Crippen molar-refractivity contribution in [3.63, 3.8) is 0 Å². The molecule has 2 rings (SSSR count). The third-order valence-corrected chi connectivity index (χ3v) is 40.2. The van der Waals surface area contributed by atoms with Crippen LogP contribution >= 0.6 is 0 Å². The molecule has 0 saturated heterocycles. The number of rotatable bonds is 18. The Morgan fingerprint density at radius 1 is 0.514 bits per heavy atom. The van der Waals surface area contributed by atoms with E-state index in [0.717, 1.165) is 29.2 Å². The molecule has 2 aromatic rings. The van der Waals surface area contributed by atoms with Crippen LogP contribution in [-0.4, -0.2) is 38.4 Å². The first-order valence-electron chi connectivity index (χ1n) is 15.0. The molecule has 0 radical (unpaired) electrons. The average Bonchev–Trinajstić information content (AvgIpc) is 2.89. The summed E-state index contributed by atoms with van der Waals surface area (Å²) in [6, 6.07) is 13.0. The van der Waals surface area contributed by atoms with Crippen molar-refractivity contribution in [2.24, 2.45) is 0 Å². The first-order chi connectivity index (χ1) is 17.7. The van der Waals surface area contributed by atoms with Gasteiger partial charge in [0.25, 0.3) is 0 Å². The summed E-state index contributed by atoms with van der Waals surface area (Å²) in [4.78, 5) is 0. The van der Waals surface area contributed by atoms with Gasteiger partial charge in [-0.3, -0.25) is 0 Å². The molecule has 208 valence electrons. The van der Waals surface area contributed by atoms with Gasteiger partial charge in [-0.15, -0.1) is 0 Å². The van der Waals surface area contributed by atoms with Gasteiger partial charge in [0.05, 0.1) is 0 Å². The van der Waals surface area contributed by atoms with E-state index in [1.807, 2.05) is 0 Å². The fourth-order valence-corrected chi connectivity index (χ4v) is 47.0. The molecule has 2 aromatic carbocycles. The summed E-state index contributed by atoms with van der Waals surface area (Å²) in [5.74, 6) is 2.11. The van der Waals surface area contributed by atoms with Gasteiger partial charge >= 0.3 is 241 Å². The van der Waals surface area contributed by atoms with Crippen LogP contribution in [0.2, 0.25) is 17.7 Å². The van der Waals surface area contributed by atoms with Gasteiger partial charge in [0.1, 0.15) is 0 Å². The summed E-state index contributed by atoms with van der Waals surface area (Å²) in [6.07, 6.45) is 9.41. The van der Waals surface area contributed by atoms with E-state index in [0.29, 0.717) is 0 Å². The van der Waals surface area contributed by atoms with Gasteiger partial charge in [-0.05, 0) is 0 Å². The monoisotopic (exact) mass is 726 g/mol. The fraction of sp³-hybridized carbons (Fsp3) is 0.625. The van der Waals surface area contributed by atoms with Crippen LogP contribution in [0.3, 0.4) is 0 Å². The van der Waals surface area contributed by atoms with Crippen molar-refractivity contribution in [1.82, 2.24) is 0 Å². The zero-order valence-corrected chi connectivity index (χ0v) is 30.9. The first-order valence-corrected chi connectivity index (χ1v) is 27.7. The van der Waals surface area contributed by atoms with Crippen LogP contribution in [0.5, 0.6) is 11.5 Å². The molecule has 0 aromatic heterocycles. The quantitative estimate of drug-likeness (QED) is 0.143. The molecule has 0 heterocycles. The second kappa shape index (κ2) is 16.6. The van der Waals surface area contributed by atoms with Crippen LogP contribution in [0.4, 0.5) is 0 Å². The molecule has 0 aliphatic carbocycles. The van der Waals surface area contributed by atoms with Crippen molar-refractivity contribution in [2.75, 3.05) is 0 Å². The molecule has 0 saturated carbocycles. The predicted octanol–water partition coefficient (Wildman–Crippen LogP) is 10.5. The van der Waals surface area contributed by atoms with Crippen LogP contribution in [0.25, 0.3) is 0 Å². The average molecular weight is 724 g/mol. The summed E-state index contributed by atoms with van der Waals surface area (Å²) < 4.78 is 26.8. The predicted molar refractivity (Wildman–Crippen MR) is 165 cm³/mol. The van der Waals surface area contributed by atoms with Crippen molar-refractivity contribution in [3.05, 3.63) is 58.7 Å². The molecule has 0 amide bonds. The number of benzene rings is 2. The summed E-state index contributed by atoms with van der Waals surface area (Å²) in [7, 11) is 0. The second-order valence-corrected chi connectivity index (χ2v) is 32.7. The standard InChI is InChI=1S/2C8H10O.4C4H9.O.2Sn/c2*1-6-4-3-5-8(9)7(6)2;4*1-3-4-2;;;/h2*3-5,9H,1-2H3;4*1,3-4H2,2H3;;;/q;;;;;;;2*+1/p-2. The second-order valence-electron chi connectivity index (χ2n) is 10.9. The molecule has 0 atom stereocenters. The summed E-state index contributed by atoms with van der Waals surface area (Å²) in [6.45, 7) is 18.0. The van der Waals surface area contributed by atoms with E-state index >= 15 is 0 Å². The summed E-state index contributed by atoms with van der Waals surface area (Å²) >= 11 is -7.16. The normalized spacial score (nSPS) is 12.1. The number of aryl methyl sites for hydroxylation is 2. The first kappa shape index (κ1) is 32.8. The van der Waals surface area contributed by atoms with Crippen LogP contribution in [-0.2, 0) is 1.41 Å². The number of hydrogen-bond donors (Lipinski definition) is 0. The molecule has 0 N–H and O–H groups in total. The Balaban J connectivity index is 2.63. The van der Waals surface area contributed by atoms with Gasteiger partial charge in [-0.25, -0.2) is 0 Å². The molecular weight excluding hydrogens is 670 g/mol. The topological polar surface area (TPSA) is 27.7 Å². The van der Waals surface area contributed by atoms with E-state index in [9.17, 15) is 0 Å². The van der Waals surface area contributed by atoms with Gasteiger partial charge in [-0.2, -0.15) is 0 Å². The van der Waals surface area contributed by atoms with Crippen molar-refractivity contribution in [2.45, 2.75) is 125 Å².